The maximum atomic E-state index is 13.4. The lowest BCUT2D eigenvalue weighted by atomic mass is 10.0. The SMILES string of the molecule is Cc1ccccc1[C@@H](C)N(c1ccccc1)S(=O)(=O)c1ccc(F)cc1. The van der Waals surface area contributed by atoms with Gasteiger partial charge in [-0.25, -0.2) is 12.8 Å². The Morgan fingerprint density at radius 1 is 0.846 bits per heavy atom. The quantitative estimate of drug-likeness (QED) is 0.628. The minimum absolute atomic E-state index is 0.0585. The number of benzene rings is 3. The molecule has 0 aliphatic heterocycles. The number of hydrogen-bond acceptors (Lipinski definition) is 2. The number of nitrogens with zero attached hydrogens (tertiary/aromatic N) is 1. The van der Waals surface area contributed by atoms with Gasteiger partial charge >= 0.3 is 0 Å². The van der Waals surface area contributed by atoms with Crippen LogP contribution >= 0.6 is 0 Å². The average molecular weight is 369 g/mol. The lowest BCUT2D eigenvalue weighted by Gasteiger charge is -2.31. The van der Waals surface area contributed by atoms with Crippen molar-refractivity contribution in [1.82, 2.24) is 0 Å². The lowest BCUT2D eigenvalue weighted by molar-refractivity contribution is 0.581. The average Bonchev–Trinajstić information content (AvgIpc) is 2.63. The second-order valence-corrected chi connectivity index (χ2v) is 7.94. The second-order valence-electron chi connectivity index (χ2n) is 6.12. The first-order valence-corrected chi connectivity index (χ1v) is 9.76. The Kier molecular flexibility index (Phi) is 5.09. The maximum Gasteiger partial charge on any atom is 0.264 e. The van der Waals surface area contributed by atoms with Gasteiger partial charge < -0.3 is 0 Å². The van der Waals surface area contributed by atoms with Gasteiger partial charge in [0.25, 0.3) is 10.0 Å². The molecule has 0 radical (unpaired) electrons. The predicted molar refractivity (Wildman–Crippen MR) is 102 cm³/mol. The molecule has 0 fully saturated rings. The number of rotatable bonds is 5. The fraction of sp³-hybridized carbons (Fsp3) is 0.143. The van der Waals surface area contributed by atoms with Gasteiger partial charge in [-0.15, -0.1) is 0 Å². The van der Waals surface area contributed by atoms with E-state index in [1.54, 1.807) is 24.3 Å². The van der Waals surface area contributed by atoms with Gasteiger partial charge in [0, 0.05) is 0 Å². The van der Waals surface area contributed by atoms with Crippen LogP contribution in [0.1, 0.15) is 24.1 Å². The molecule has 134 valence electrons. The standard InChI is InChI=1S/C21H20FNO2S/c1-16-8-6-7-11-21(16)17(2)23(19-9-4-3-5-10-19)26(24,25)20-14-12-18(22)13-15-20/h3-15,17H,1-2H3/t17-/m1/s1. The summed E-state index contributed by atoms with van der Waals surface area (Å²) in [6.07, 6.45) is 0. The van der Waals surface area contributed by atoms with Gasteiger partial charge in [-0.2, -0.15) is 0 Å². The number of aryl methyl sites for hydroxylation is 1. The normalized spacial score (nSPS) is 12.6. The van der Waals surface area contributed by atoms with Crippen LogP contribution < -0.4 is 4.31 Å². The fourth-order valence-corrected chi connectivity index (χ4v) is 4.68. The largest absolute Gasteiger partial charge is 0.264 e. The number of para-hydroxylation sites is 1. The molecule has 0 amide bonds. The van der Waals surface area contributed by atoms with E-state index in [1.807, 2.05) is 44.2 Å². The molecule has 0 aliphatic rings. The summed E-state index contributed by atoms with van der Waals surface area (Å²) < 4.78 is 41.4. The van der Waals surface area contributed by atoms with Crippen LogP contribution in [0.15, 0.2) is 83.8 Å². The van der Waals surface area contributed by atoms with Gasteiger partial charge in [0.15, 0.2) is 0 Å². The van der Waals surface area contributed by atoms with E-state index in [9.17, 15) is 12.8 Å². The molecule has 3 rings (SSSR count). The van der Waals surface area contributed by atoms with Crippen molar-refractivity contribution in [2.45, 2.75) is 24.8 Å². The Morgan fingerprint density at radius 2 is 1.42 bits per heavy atom. The molecule has 0 saturated carbocycles. The van der Waals surface area contributed by atoms with Crippen LogP contribution in [0.3, 0.4) is 0 Å². The Bertz CT molecular complexity index is 986. The first kappa shape index (κ1) is 18.1. The summed E-state index contributed by atoms with van der Waals surface area (Å²) in [5, 5.41) is 0. The van der Waals surface area contributed by atoms with Crippen molar-refractivity contribution in [3.05, 3.63) is 95.8 Å². The summed E-state index contributed by atoms with van der Waals surface area (Å²) in [4.78, 5) is 0.0585. The van der Waals surface area contributed by atoms with Crippen LogP contribution in [0.2, 0.25) is 0 Å². The molecule has 3 aromatic rings. The van der Waals surface area contributed by atoms with Crippen molar-refractivity contribution in [3.63, 3.8) is 0 Å². The van der Waals surface area contributed by atoms with Crippen LogP contribution in [0.25, 0.3) is 0 Å². The van der Waals surface area contributed by atoms with Crippen LogP contribution in [0, 0.1) is 12.7 Å². The summed E-state index contributed by atoms with van der Waals surface area (Å²) in [7, 11) is -3.87. The van der Waals surface area contributed by atoms with Gasteiger partial charge in [-0.1, -0.05) is 42.5 Å². The zero-order chi connectivity index (χ0) is 18.7. The van der Waals surface area contributed by atoms with E-state index in [0.29, 0.717) is 5.69 Å². The third-order valence-electron chi connectivity index (χ3n) is 4.37. The van der Waals surface area contributed by atoms with E-state index in [-0.39, 0.29) is 4.90 Å². The Morgan fingerprint density at radius 3 is 2.04 bits per heavy atom. The molecule has 3 nitrogen and oxygen atoms in total. The third kappa shape index (κ3) is 3.48. The molecule has 0 spiro atoms. The minimum Gasteiger partial charge on any atom is -0.259 e. The molecule has 5 heteroatoms. The summed E-state index contributed by atoms with van der Waals surface area (Å²) in [6, 6.07) is 21.2. The Hall–Kier alpha value is -2.66. The van der Waals surface area contributed by atoms with Gasteiger partial charge in [0.2, 0.25) is 0 Å². The van der Waals surface area contributed by atoms with Gasteiger partial charge in [0.1, 0.15) is 5.82 Å². The van der Waals surface area contributed by atoms with Crippen LogP contribution in [0.5, 0.6) is 0 Å². The Labute approximate surface area is 153 Å². The fourth-order valence-electron chi connectivity index (χ4n) is 3.05. The molecule has 0 N–H and O–H groups in total. The first-order chi connectivity index (χ1) is 12.4. The molecular weight excluding hydrogens is 349 g/mol. The first-order valence-electron chi connectivity index (χ1n) is 8.32. The van der Waals surface area contributed by atoms with Gasteiger partial charge in [0.05, 0.1) is 16.6 Å². The van der Waals surface area contributed by atoms with Crippen molar-refractivity contribution in [2.75, 3.05) is 4.31 Å². The summed E-state index contributed by atoms with van der Waals surface area (Å²) in [5.41, 5.74) is 2.49. The van der Waals surface area contributed by atoms with Gasteiger partial charge in [-0.3, -0.25) is 4.31 Å². The molecule has 0 heterocycles. The third-order valence-corrected chi connectivity index (χ3v) is 6.28. The van der Waals surface area contributed by atoms with Crippen LogP contribution in [-0.4, -0.2) is 8.42 Å². The van der Waals surface area contributed by atoms with E-state index < -0.39 is 21.9 Å². The maximum absolute atomic E-state index is 13.4. The van der Waals surface area contributed by atoms with Crippen molar-refractivity contribution in [1.29, 1.82) is 0 Å². The number of halogens is 1. The Balaban J connectivity index is 2.16. The minimum atomic E-state index is -3.87. The highest BCUT2D eigenvalue weighted by molar-refractivity contribution is 7.92. The molecule has 26 heavy (non-hydrogen) atoms. The molecule has 0 aromatic heterocycles. The highest BCUT2D eigenvalue weighted by Crippen LogP contribution is 2.34. The molecule has 0 bridgehead atoms. The van der Waals surface area contributed by atoms with E-state index in [2.05, 4.69) is 0 Å². The second kappa shape index (κ2) is 7.30. The summed E-state index contributed by atoms with van der Waals surface area (Å²) in [5.74, 6) is -0.470. The molecule has 0 saturated heterocycles. The number of anilines is 1. The molecule has 0 unspecified atom stereocenters. The van der Waals surface area contributed by atoms with E-state index in [4.69, 9.17) is 0 Å². The molecule has 1 atom stereocenters. The van der Waals surface area contributed by atoms with E-state index in [1.165, 1.54) is 16.4 Å². The van der Waals surface area contributed by atoms with Crippen molar-refractivity contribution in [3.8, 4) is 0 Å². The zero-order valence-electron chi connectivity index (χ0n) is 14.6. The monoisotopic (exact) mass is 369 g/mol. The van der Waals surface area contributed by atoms with Crippen LogP contribution in [0.4, 0.5) is 10.1 Å². The summed E-state index contributed by atoms with van der Waals surface area (Å²) in [6.45, 7) is 3.82. The summed E-state index contributed by atoms with van der Waals surface area (Å²) >= 11 is 0. The topological polar surface area (TPSA) is 37.4 Å². The van der Waals surface area contributed by atoms with Crippen LogP contribution in [-0.2, 0) is 10.0 Å². The van der Waals surface area contributed by atoms with Crippen molar-refractivity contribution < 1.29 is 12.8 Å². The number of hydrogen-bond donors (Lipinski definition) is 0. The lowest BCUT2D eigenvalue weighted by Crippen LogP contribution is -2.34. The predicted octanol–water partition coefficient (Wildman–Crippen LogP) is 5.09. The smallest absolute Gasteiger partial charge is 0.259 e. The number of sulfonamides is 1. The highest BCUT2D eigenvalue weighted by atomic mass is 32.2. The highest BCUT2D eigenvalue weighted by Gasteiger charge is 2.30. The molecular formula is C21H20FNO2S. The van der Waals surface area contributed by atoms with E-state index in [0.717, 1.165) is 23.3 Å². The van der Waals surface area contributed by atoms with Crippen molar-refractivity contribution >= 4 is 15.7 Å². The zero-order valence-corrected chi connectivity index (χ0v) is 15.4. The molecule has 3 aromatic carbocycles. The molecule has 0 aliphatic carbocycles. The van der Waals surface area contributed by atoms with E-state index >= 15 is 0 Å². The van der Waals surface area contributed by atoms with Crippen molar-refractivity contribution in [2.24, 2.45) is 0 Å². The van der Waals surface area contributed by atoms with Gasteiger partial charge in [-0.05, 0) is 61.4 Å².